The molecular formula is C21H22N4. The van der Waals surface area contributed by atoms with Gasteiger partial charge in [0.1, 0.15) is 0 Å². The number of aliphatic imine (C=N–C) groups is 1. The third-order valence-electron chi connectivity index (χ3n) is 5.08. The van der Waals surface area contributed by atoms with E-state index in [2.05, 4.69) is 52.2 Å². The number of pyridine rings is 2. The number of hydrogen-bond donors (Lipinski definition) is 0. The summed E-state index contributed by atoms with van der Waals surface area (Å²) in [6.07, 6.45) is 13.7. The minimum Gasteiger partial charge on any atom is -0.287 e. The molecule has 2 atom stereocenters. The Kier molecular flexibility index (Phi) is 5.35. The van der Waals surface area contributed by atoms with Gasteiger partial charge in [-0.05, 0) is 54.2 Å². The smallest absolute Gasteiger partial charge is 0.0814 e. The number of aromatic nitrogens is 2. The zero-order valence-corrected chi connectivity index (χ0v) is 14.5. The maximum atomic E-state index is 9.27. The van der Waals surface area contributed by atoms with Gasteiger partial charge in [0.25, 0.3) is 0 Å². The number of nitrogens with zero attached hydrogens (tertiary/aromatic N) is 4. The second-order valence-corrected chi connectivity index (χ2v) is 6.51. The lowest BCUT2D eigenvalue weighted by Gasteiger charge is -2.39. The van der Waals surface area contributed by atoms with E-state index in [4.69, 9.17) is 0 Å². The van der Waals surface area contributed by atoms with E-state index in [0.717, 1.165) is 18.5 Å². The van der Waals surface area contributed by atoms with Crippen LogP contribution in [0.4, 0.5) is 0 Å². The molecule has 4 heteroatoms. The molecule has 0 spiro atoms. The third-order valence-corrected chi connectivity index (χ3v) is 5.08. The van der Waals surface area contributed by atoms with Crippen LogP contribution in [0.15, 0.2) is 60.0 Å². The normalized spacial score (nSPS) is 23.6. The average Bonchev–Trinajstić information content (AvgIpc) is 2.71. The molecule has 1 aliphatic rings. The summed E-state index contributed by atoms with van der Waals surface area (Å²) in [5.74, 6) is 0.251. The average molecular weight is 330 g/mol. The Bertz CT molecular complexity index is 804. The van der Waals surface area contributed by atoms with Gasteiger partial charge < -0.3 is 0 Å². The second kappa shape index (κ2) is 7.85. The molecule has 0 saturated carbocycles. The summed E-state index contributed by atoms with van der Waals surface area (Å²) in [6, 6.07) is 10.6. The quantitative estimate of drug-likeness (QED) is 0.850. The molecule has 0 bridgehead atoms. The van der Waals surface area contributed by atoms with Gasteiger partial charge in [-0.2, -0.15) is 5.26 Å². The maximum Gasteiger partial charge on any atom is 0.0814 e. The van der Waals surface area contributed by atoms with Crippen LogP contribution in [0, 0.1) is 17.2 Å². The van der Waals surface area contributed by atoms with Crippen molar-refractivity contribution in [2.45, 2.75) is 38.1 Å². The number of allylic oxidation sites excluding steroid dienone is 2. The molecule has 0 radical (unpaired) electrons. The molecule has 0 fully saturated rings. The van der Waals surface area contributed by atoms with E-state index in [-0.39, 0.29) is 11.3 Å². The van der Waals surface area contributed by atoms with Gasteiger partial charge in [0.2, 0.25) is 0 Å². The zero-order chi connectivity index (χ0) is 17.5. The lowest BCUT2D eigenvalue weighted by Crippen LogP contribution is -2.37. The van der Waals surface area contributed by atoms with Crippen molar-refractivity contribution in [1.29, 1.82) is 5.26 Å². The molecule has 0 aliphatic carbocycles. The van der Waals surface area contributed by atoms with Crippen LogP contribution in [0.25, 0.3) is 0 Å². The molecular weight excluding hydrogens is 308 g/mol. The highest BCUT2D eigenvalue weighted by atomic mass is 14.8. The molecule has 1 aliphatic heterocycles. The van der Waals surface area contributed by atoms with Gasteiger partial charge >= 0.3 is 0 Å². The number of nitriles is 1. The molecule has 126 valence electrons. The van der Waals surface area contributed by atoms with E-state index in [0.29, 0.717) is 13.0 Å². The summed E-state index contributed by atoms with van der Waals surface area (Å²) < 4.78 is 0. The number of hydrogen-bond acceptors (Lipinski definition) is 4. The van der Waals surface area contributed by atoms with Gasteiger partial charge in [-0.3, -0.25) is 15.0 Å². The minimum absolute atomic E-state index is 0.190. The molecule has 2 unspecified atom stereocenters. The summed E-state index contributed by atoms with van der Waals surface area (Å²) in [6.45, 7) is 2.79. The fraction of sp³-hybridized carbons (Fsp3) is 0.333. The molecule has 25 heavy (non-hydrogen) atoms. The SMILES string of the molecule is CC1/C=C\C=NCc2ncccc2C1(CCC#N)Cc1ccncc1. The van der Waals surface area contributed by atoms with Crippen molar-refractivity contribution < 1.29 is 0 Å². The van der Waals surface area contributed by atoms with Gasteiger partial charge in [-0.1, -0.05) is 19.1 Å². The molecule has 3 heterocycles. The number of rotatable bonds is 4. The van der Waals surface area contributed by atoms with Crippen molar-refractivity contribution in [3.05, 3.63) is 71.8 Å². The van der Waals surface area contributed by atoms with Crippen molar-refractivity contribution in [2.24, 2.45) is 10.9 Å². The fourth-order valence-corrected chi connectivity index (χ4v) is 3.71. The molecule has 2 aromatic heterocycles. The first-order valence-corrected chi connectivity index (χ1v) is 8.63. The lowest BCUT2D eigenvalue weighted by atomic mass is 9.64. The Morgan fingerprint density at radius 1 is 1.24 bits per heavy atom. The van der Waals surface area contributed by atoms with Crippen molar-refractivity contribution in [3.63, 3.8) is 0 Å². The Morgan fingerprint density at radius 2 is 2.08 bits per heavy atom. The zero-order valence-electron chi connectivity index (χ0n) is 14.5. The van der Waals surface area contributed by atoms with E-state index in [1.165, 1.54) is 11.1 Å². The van der Waals surface area contributed by atoms with Crippen LogP contribution >= 0.6 is 0 Å². The largest absolute Gasteiger partial charge is 0.287 e. The molecule has 4 nitrogen and oxygen atoms in total. The molecule has 0 N–H and O–H groups in total. The third kappa shape index (κ3) is 3.66. The van der Waals surface area contributed by atoms with Gasteiger partial charge in [-0.15, -0.1) is 0 Å². The molecule has 0 aromatic carbocycles. The van der Waals surface area contributed by atoms with E-state index >= 15 is 0 Å². The Morgan fingerprint density at radius 3 is 2.88 bits per heavy atom. The van der Waals surface area contributed by atoms with Crippen LogP contribution in [0.1, 0.15) is 36.6 Å². The first kappa shape index (κ1) is 17.0. The second-order valence-electron chi connectivity index (χ2n) is 6.51. The summed E-state index contributed by atoms with van der Waals surface area (Å²) in [5, 5.41) is 9.27. The standard InChI is InChI=1S/C21H22N4/c1-17-5-2-11-24-16-20-19(6-3-12-25-20)21(17,9-4-10-22)15-18-7-13-23-14-8-18/h2-3,5-8,11-14,17H,4,9,15-16H2,1H3/b5-2-,24-11?. The highest BCUT2D eigenvalue weighted by Gasteiger charge is 2.38. The predicted octanol–water partition coefficient (Wildman–Crippen LogP) is 4.04. The van der Waals surface area contributed by atoms with Crippen molar-refractivity contribution in [2.75, 3.05) is 0 Å². The topological polar surface area (TPSA) is 61.9 Å². The van der Waals surface area contributed by atoms with Crippen molar-refractivity contribution in [1.82, 2.24) is 9.97 Å². The van der Waals surface area contributed by atoms with Gasteiger partial charge in [-0.25, -0.2) is 0 Å². The highest BCUT2D eigenvalue weighted by molar-refractivity contribution is 5.71. The van der Waals surface area contributed by atoms with Gasteiger partial charge in [0.15, 0.2) is 0 Å². The Hall–Kier alpha value is -2.80. The lowest BCUT2D eigenvalue weighted by molar-refractivity contribution is 0.307. The van der Waals surface area contributed by atoms with Crippen LogP contribution in [0.3, 0.4) is 0 Å². The van der Waals surface area contributed by atoms with Crippen LogP contribution < -0.4 is 0 Å². The van der Waals surface area contributed by atoms with E-state index in [9.17, 15) is 5.26 Å². The first-order chi connectivity index (χ1) is 12.3. The van der Waals surface area contributed by atoms with Crippen LogP contribution in [0.5, 0.6) is 0 Å². The monoisotopic (exact) mass is 330 g/mol. The van der Waals surface area contributed by atoms with Crippen LogP contribution in [0.2, 0.25) is 0 Å². The summed E-state index contributed by atoms with van der Waals surface area (Å²) in [7, 11) is 0. The highest BCUT2D eigenvalue weighted by Crippen LogP contribution is 2.42. The van der Waals surface area contributed by atoms with Crippen LogP contribution in [-0.2, 0) is 18.4 Å². The van der Waals surface area contributed by atoms with Crippen molar-refractivity contribution in [3.8, 4) is 6.07 Å². The summed E-state index contributed by atoms with van der Waals surface area (Å²) in [4.78, 5) is 13.2. The Balaban J connectivity index is 2.16. The Labute approximate surface area is 149 Å². The molecule has 2 aromatic rings. The van der Waals surface area contributed by atoms with E-state index < -0.39 is 0 Å². The van der Waals surface area contributed by atoms with Gasteiger partial charge in [0, 0.05) is 36.6 Å². The van der Waals surface area contributed by atoms with E-state index in [1.807, 2.05) is 36.9 Å². The summed E-state index contributed by atoms with van der Waals surface area (Å²) >= 11 is 0. The number of fused-ring (bicyclic) bond motifs is 1. The van der Waals surface area contributed by atoms with Crippen molar-refractivity contribution >= 4 is 6.21 Å². The van der Waals surface area contributed by atoms with E-state index in [1.54, 1.807) is 0 Å². The maximum absolute atomic E-state index is 9.27. The van der Waals surface area contributed by atoms with Gasteiger partial charge in [0.05, 0.1) is 18.3 Å². The molecule has 0 saturated heterocycles. The minimum atomic E-state index is -0.190. The fourth-order valence-electron chi connectivity index (χ4n) is 3.71. The molecule has 3 rings (SSSR count). The molecule has 0 amide bonds. The van der Waals surface area contributed by atoms with Crippen LogP contribution in [-0.4, -0.2) is 16.2 Å². The predicted molar refractivity (Wildman–Crippen MR) is 99.2 cm³/mol. The first-order valence-electron chi connectivity index (χ1n) is 8.63. The summed E-state index contributed by atoms with van der Waals surface area (Å²) in [5.41, 5.74) is 3.24.